The number of hydrogen-bond acceptors (Lipinski definition) is 7. The van der Waals surface area contributed by atoms with Gasteiger partial charge in [-0.25, -0.2) is 4.39 Å². The van der Waals surface area contributed by atoms with Gasteiger partial charge in [-0.05, 0) is 38.7 Å². The van der Waals surface area contributed by atoms with Crippen LogP contribution in [0.25, 0.3) is 0 Å². The van der Waals surface area contributed by atoms with Crippen LogP contribution in [0.4, 0.5) is 4.39 Å². The van der Waals surface area contributed by atoms with Crippen molar-refractivity contribution in [3.63, 3.8) is 0 Å². The Morgan fingerprint density at radius 3 is 2.62 bits per heavy atom. The zero-order valence-electron chi connectivity index (χ0n) is 22.6. The van der Waals surface area contributed by atoms with Crippen LogP contribution >= 0.6 is 0 Å². The Hall–Kier alpha value is -3.86. The van der Waals surface area contributed by atoms with E-state index in [0.29, 0.717) is 6.42 Å². The number of nitrogens with two attached hydrogens (primary N) is 1. The molecule has 0 radical (unpaired) electrons. The highest BCUT2D eigenvalue weighted by atomic mass is 19.1. The Morgan fingerprint density at radius 2 is 1.97 bits per heavy atom. The van der Waals surface area contributed by atoms with Crippen molar-refractivity contribution >= 4 is 23.4 Å². The first-order valence-electron chi connectivity index (χ1n) is 12.9. The number of aromatic nitrogens is 1. The molecule has 2 heterocycles. The molecule has 210 valence electrons. The van der Waals surface area contributed by atoms with Crippen LogP contribution in [0.2, 0.25) is 0 Å². The molecule has 2 aromatic rings. The van der Waals surface area contributed by atoms with Gasteiger partial charge in [-0.15, -0.1) is 0 Å². The monoisotopic (exact) mass is 540 g/mol. The minimum atomic E-state index is -1.24. The zero-order chi connectivity index (χ0) is 28.6. The van der Waals surface area contributed by atoms with Gasteiger partial charge in [0.25, 0.3) is 0 Å². The van der Waals surface area contributed by atoms with E-state index in [1.165, 1.54) is 19.3 Å². The first kappa shape index (κ1) is 29.7. The van der Waals surface area contributed by atoms with Crippen molar-refractivity contribution in [3.05, 3.63) is 60.2 Å². The van der Waals surface area contributed by atoms with Crippen molar-refractivity contribution in [2.24, 2.45) is 11.1 Å². The number of pyridine rings is 1. The van der Waals surface area contributed by atoms with Gasteiger partial charge >= 0.3 is 0 Å². The Kier molecular flexibility index (Phi) is 9.74. The lowest BCUT2D eigenvalue weighted by atomic mass is 9.72. The summed E-state index contributed by atoms with van der Waals surface area (Å²) in [6.07, 6.45) is 3.54. The minimum absolute atomic E-state index is 0.00306. The Morgan fingerprint density at radius 1 is 1.26 bits per heavy atom. The first-order valence-corrected chi connectivity index (χ1v) is 12.9. The lowest BCUT2D eigenvalue weighted by Crippen LogP contribution is -2.62. The molecule has 11 heteroatoms. The van der Waals surface area contributed by atoms with Gasteiger partial charge in [-0.2, -0.15) is 0 Å². The van der Waals surface area contributed by atoms with Crippen LogP contribution in [-0.2, 0) is 20.8 Å². The molecule has 1 aliphatic heterocycles. The smallest absolute Gasteiger partial charge is 0.245 e. The van der Waals surface area contributed by atoms with E-state index in [4.69, 9.17) is 15.9 Å². The molecule has 10 nitrogen and oxygen atoms in total. The van der Waals surface area contributed by atoms with E-state index in [2.05, 4.69) is 15.6 Å². The molecule has 5 N–H and O–H groups in total. The second-order valence-corrected chi connectivity index (χ2v) is 10.4. The molecule has 0 saturated carbocycles. The summed E-state index contributed by atoms with van der Waals surface area (Å²) in [4.78, 5) is 45.0. The molecule has 3 amide bonds. The van der Waals surface area contributed by atoms with Crippen molar-refractivity contribution in [1.82, 2.24) is 20.5 Å². The summed E-state index contributed by atoms with van der Waals surface area (Å²) >= 11 is 0. The van der Waals surface area contributed by atoms with E-state index in [1.54, 1.807) is 18.7 Å². The van der Waals surface area contributed by atoms with Gasteiger partial charge in [-0.1, -0.05) is 30.3 Å². The molecular formula is C28H37FN6O4. The minimum Gasteiger partial charge on any atom is -0.492 e. The predicted molar refractivity (Wildman–Crippen MR) is 145 cm³/mol. The van der Waals surface area contributed by atoms with Gasteiger partial charge < -0.3 is 31.4 Å². The highest BCUT2D eigenvalue weighted by Gasteiger charge is 2.48. The number of benzene rings is 1. The maximum Gasteiger partial charge on any atom is 0.245 e. The molecule has 1 saturated heterocycles. The number of carbonyl (C=O) groups excluding carboxylic acids is 3. The lowest BCUT2D eigenvalue weighted by Gasteiger charge is -2.43. The van der Waals surface area contributed by atoms with Crippen molar-refractivity contribution in [2.75, 3.05) is 26.7 Å². The number of rotatable bonds is 11. The zero-order valence-corrected chi connectivity index (χ0v) is 22.6. The first-order chi connectivity index (χ1) is 18.5. The number of nitrogens with one attached hydrogen (secondary N) is 3. The molecule has 1 fully saturated rings. The summed E-state index contributed by atoms with van der Waals surface area (Å²) < 4.78 is 18.9. The molecule has 0 aliphatic carbocycles. The van der Waals surface area contributed by atoms with E-state index in [-0.39, 0.29) is 62.2 Å². The number of ether oxygens (including phenoxy) is 1. The highest BCUT2D eigenvalue weighted by molar-refractivity contribution is 6.09. The van der Waals surface area contributed by atoms with Gasteiger partial charge in [0, 0.05) is 38.3 Å². The number of piperidine rings is 1. The van der Waals surface area contributed by atoms with Crippen LogP contribution in [-0.4, -0.2) is 71.6 Å². The standard InChI is InChI=1S/C28H37FN6O4/c1-27(2,31)25(37)34-22(10-7-13-39-21-14-20(29)16-33-17-21)24(36)35-12-11-23(30)28(18-35,26(38)32-3)15-19-8-5-4-6-9-19/h4-6,8-9,14,16-17,22,30H,7,10-13,15,18,31H2,1-3H3,(H,32,38)(H,34,37)/t22-,28-/m1/s1. The number of likely N-dealkylation sites (tertiary alicyclic amines) is 1. The Labute approximate surface area is 228 Å². The van der Waals surface area contributed by atoms with Crippen LogP contribution in [0.3, 0.4) is 0 Å². The molecule has 3 rings (SSSR count). The van der Waals surface area contributed by atoms with E-state index in [0.717, 1.165) is 11.8 Å². The third-order valence-corrected chi connectivity index (χ3v) is 6.77. The van der Waals surface area contributed by atoms with E-state index in [9.17, 15) is 18.8 Å². The number of halogens is 1. The van der Waals surface area contributed by atoms with Crippen LogP contribution in [0.15, 0.2) is 48.8 Å². The van der Waals surface area contributed by atoms with Crippen molar-refractivity contribution in [3.8, 4) is 5.75 Å². The van der Waals surface area contributed by atoms with Gasteiger partial charge in [0.2, 0.25) is 17.7 Å². The number of hydrogen-bond donors (Lipinski definition) is 4. The second-order valence-electron chi connectivity index (χ2n) is 10.4. The molecule has 0 spiro atoms. The number of amides is 3. The normalized spacial score (nSPS) is 18.3. The highest BCUT2D eigenvalue weighted by Crippen LogP contribution is 2.32. The lowest BCUT2D eigenvalue weighted by molar-refractivity contribution is -0.141. The molecule has 1 aromatic carbocycles. The van der Waals surface area contributed by atoms with Crippen LogP contribution in [0.1, 0.15) is 38.7 Å². The maximum atomic E-state index is 13.8. The topological polar surface area (TPSA) is 150 Å². The fourth-order valence-electron chi connectivity index (χ4n) is 4.58. The SMILES string of the molecule is CNC(=O)[C@]1(Cc2ccccc2)CN(C(=O)[C@@H](CCCOc2cncc(F)c2)NC(=O)C(C)(C)N)CCC1=N. The van der Waals surface area contributed by atoms with Crippen molar-refractivity contribution < 1.29 is 23.5 Å². The maximum absolute atomic E-state index is 13.8. The average molecular weight is 541 g/mol. The number of carbonyl (C=O) groups is 3. The molecule has 0 unspecified atom stereocenters. The van der Waals surface area contributed by atoms with Gasteiger partial charge in [0.1, 0.15) is 23.0 Å². The van der Waals surface area contributed by atoms with E-state index < -0.39 is 28.7 Å². The van der Waals surface area contributed by atoms with Crippen molar-refractivity contribution in [2.45, 2.75) is 51.1 Å². The molecular weight excluding hydrogens is 503 g/mol. The van der Waals surface area contributed by atoms with Crippen LogP contribution in [0.5, 0.6) is 5.75 Å². The van der Waals surface area contributed by atoms with Gasteiger partial charge in [0.05, 0.1) is 24.5 Å². The molecule has 0 bridgehead atoms. The summed E-state index contributed by atoms with van der Waals surface area (Å²) in [5.74, 6) is -1.47. The predicted octanol–water partition coefficient (Wildman–Crippen LogP) is 1.83. The summed E-state index contributed by atoms with van der Waals surface area (Å²) in [5.41, 5.74) is 4.65. The second kappa shape index (κ2) is 12.8. The average Bonchev–Trinajstić information content (AvgIpc) is 2.90. The quantitative estimate of drug-likeness (QED) is 0.319. The summed E-state index contributed by atoms with van der Waals surface area (Å²) in [5, 5.41) is 14.1. The third-order valence-electron chi connectivity index (χ3n) is 6.77. The molecule has 39 heavy (non-hydrogen) atoms. The Balaban J connectivity index is 1.78. The number of nitrogens with zero attached hydrogens (tertiary/aromatic N) is 2. The van der Waals surface area contributed by atoms with E-state index in [1.807, 2.05) is 30.3 Å². The summed E-state index contributed by atoms with van der Waals surface area (Å²) in [7, 11) is 1.52. The Bertz CT molecular complexity index is 1180. The molecule has 1 aromatic heterocycles. The van der Waals surface area contributed by atoms with Crippen LogP contribution < -0.4 is 21.1 Å². The van der Waals surface area contributed by atoms with Gasteiger partial charge in [-0.3, -0.25) is 19.4 Å². The molecule has 2 atom stereocenters. The van der Waals surface area contributed by atoms with E-state index >= 15 is 0 Å². The summed E-state index contributed by atoms with van der Waals surface area (Å²) in [6, 6.07) is 9.66. The van der Waals surface area contributed by atoms with Gasteiger partial charge in [0.15, 0.2) is 0 Å². The fraction of sp³-hybridized carbons (Fsp3) is 0.464. The molecule has 1 aliphatic rings. The third kappa shape index (κ3) is 7.60. The summed E-state index contributed by atoms with van der Waals surface area (Å²) in [6.45, 7) is 3.50. The largest absolute Gasteiger partial charge is 0.492 e. The van der Waals surface area contributed by atoms with Crippen LogP contribution in [0, 0.1) is 16.6 Å². The van der Waals surface area contributed by atoms with Crippen molar-refractivity contribution in [1.29, 1.82) is 5.41 Å². The fourth-order valence-corrected chi connectivity index (χ4v) is 4.58.